The Morgan fingerprint density at radius 2 is 0.571 bits per heavy atom. The zero-order valence-corrected chi connectivity index (χ0v) is 22.3. The molecule has 0 aliphatic heterocycles. The molecule has 0 aliphatic rings. The Hall–Kier alpha value is 0.720. The minimum atomic E-state index is -0.956. The van der Waals surface area contributed by atoms with Gasteiger partial charge in [-0.1, -0.05) is 13.3 Å². The van der Waals surface area contributed by atoms with Crippen LogP contribution in [0.5, 0.6) is 0 Å². The summed E-state index contributed by atoms with van der Waals surface area (Å²) in [5.41, 5.74) is 0. The summed E-state index contributed by atoms with van der Waals surface area (Å²) in [4.78, 5) is 0. The van der Waals surface area contributed by atoms with E-state index >= 15 is 0 Å². The summed E-state index contributed by atoms with van der Waals surface area (Å²) in [5, 5.41) is 0. The third-order valence-electron chi connectivity index (χ3n) is 6.74. The predicted octanol–water partition coefficient (Wildman–Crippen LogP) is 10.3. The molecule has 28 heavy (non-hydrogen) atoms. The van der Waals surface area contributed by atoms with E-state index in [4.69, 9.17) is 0 Å². The van der Waals surface area contributed by atoms with Crippen molar-refractivity contribution in [1.29, 1.82) is 0 Å². The van der Waals surface area contributed by atoms with Crippen LogP contribution in [0, 0.1) is 0 Å². The van der Waals surface area contributed by atoms with Gasteiger partial charge in [-0.15, -0.1) is 12.4 Å². The SMILES string of the molecule is CCCCCCCCCCCCCC[PH](CCCC)(CCCC)CCCC.Cl. The van der Waals surface area contributed by atoms with E-state index in [1.165, 1.54) is 109 Å². The molecule has 0 saturated carbocycles. The summed E-state index contributed by atoms with van der Waals surface area (Å²) in [7, 11) is -0.956. The van der Waals surface area contributed by atoms with Crippen molar-refractivity contribution in [3.05, 3.63) is 0 Å². The topological polar surface area (TPSA) is 0 Å². The van der Waals surface area contributed by atoms with Gasteiger partial charge >= 0.3 is 162 Å². The van der Waals surface area contributed by atoms with Crippen molar-refractivity contribution >= 4 is 19.7 Å². The monoisotopic (exact) mass is 436 g/mol. The van der Waals surface area contributed by atoms with E-state index in [0.29, 0.717) is 0 Å². The van der Waals surface area contributed by atoms with Crippen LogP contribution >= 0.6 is 19.7 Å². The minimum absolute atomic E-state index is 0. The van der Waals surface area contributed by atoms with Crippen molar-refractivity contribution in [2.45, 2.75) is 143 Å². The molecule has 0 aromatic carbocycles. The number of halogens is 1. The van der Waals surface area contributed by atoms with Crippen LogP contribution in [0.25, 0.3) is 0 Å². The van der Waals surface area contributed by atoms with Gasteiger partial charge < -0.3 is 0 Å². The zero-order valence-electron chi connectivity index (χ0n) is 20.5. The molecule has 0 radical (unpaired) electrons. The van der Waals surface area contributed by atoms with Gasteiger partial charge in [0.25, 0.3) is 0 Å². The Labute approximate surface area is 187 Å². The Morgan fingerprint density at radius 3 is 0.893 bits per heavy atom. The van der Waals surface area contributed by atoms with E-state index in [-0.39, 0.29) is 12.4 Å². The van der Waals surface area contributed by atoms with Crippen molar-refractivity contribution in [2.75, 3.05) is 24.6 Å². The van der Waals surface area contributed by atoms with Crippen molar-refractivity contribution in [3.63, 3.8) is 0 Å². The van der Waals surface area contributed by atoms with Crippen LogP contribution in [-0.2, 0) is 0 Å². The maximum absolute atomic E-state index is 2.39. The van der Waals surface area contributed by atoms with Crippen LogP contribution in [0.4, 0.5) is 0 Å². The third kappa shape index (κ3) is 18.7. The molecule has 0 aromatic heterocycles. The van der Waals surface area contributed by atoms with Crippen LogP contribution in [0.15, 0.2) is 0 Å². The molecule has 0 aliphatic carbocycles. The fraction of sp³-hybridized carbons (Fsp3) is 1.00. The molecule has 0 N–H and O–H groups in total. The van der Waals surface area contributed by atoms with Gasteiger partial charge in [-0.3, -0.25) is 0 Å². The first kappa shape index (κ1) is 30.9. The average molecular weight is 437 g/mol. The predicted molar refractivity (Wildman–Crippen MR) is 141 cm³/mol. The van der Waals surface area contributed by atoms with Crippen LogP contribution in [0.2, 0.25) is 0 Å². The molecule has 0 heterocycles. The molecular weight excluding hydrogens is 379 g/mol. The first-order chi connectivity index (χ1) is 13.2. The van der Waals surface area contributed by atoms with Crippen LogP contribution in [0.1, 0.15) is 143 Å². The van der Waals surface area contributed by atoms with Crippen molar-refractivity contribution in [2.24, 2.45) is 0 Å². The number of rotatable bonds is 22. The molecule has 0 bridgehead atoms. The number of hydrogen-bond donors (Lipinski definition) is 0. The molecule has 174 valence electrons. The standard InChI is InChI=1S/C26H57P.ClH/c1-5-9-13-14-15-16-17-18-19-20-21-22-26-27(23-10-6-2,24-11-7-3)25-12-8-4;/h27H,5-26H2,1-4H3;1H. The Kier molecular flexibility index (Phi) is 26.5. The van der Waals surface area contributed by atoms with E-state index in [2.05, 4.69) is 27.7 Å². The molecule has 0 aromatic rings. The van der Waals surface area contributed by atoms with Crippen molar-refractivity contribution < 1.29 is 0 Å². The molecule has 0 spiro atoms. The molecule has 0 fully saturated rings. The van der Waals surface area contributed by atoms with E-state index in [9.17, 15) is 0 Å². The third-order valence-corrected chi connectivity index (χ3v) is 12.4. The van der Waals surface area contributed by atoms with E-state index in [0.717, 1.165) is 0 Å². The van der Waals surface area contributed by atoms with Gasteiger partial charge in [-0.2, -0.15) is 0 Å². The molecule has 2 heteroatoms. The summed E-state index contributed by atoms with van der Waals surface area (Å²) in [5.74, 6) is 0. The molecule has 0 atom stereocenters. The Balaban J connectivity index is 0. The second-order valence-corrected chi connectivity index (χ2v) is 14.4. The van der Waals surface area contributed by atoms with E-state index in [1.807, 2.05) is 0 Å². The van der Waals surface area contributed by atoms with Crippen LogP contribution in [0.3, 0.4) is 0 Å². The van der Waals surface area contributed by atoms with Crippen LogP contribution < -0.4 is 0 Å². The van der Waals surface area contributed by atoms with E-state index in [1.54, 1.807) is 31.1 Å². The first-order valence-electron chi connectivity index (χ1n) is 13.2. The van der Waals surface area contributed by atoms with Gasteiger partial charge in [-0.25, -0.2) is 0 Å². The molecule has 0 rings (SSSR count). The largest absolute Gasteiger partial charge is 0.147 e. The first-order valence-corrected chi connectivity index (χ1v) is 16.1. The summed E-state index contributed by atoms with van der Waals surface area (Å²) >= 11 is 0. The summed E-state index contributed by atoms with van der Waals surface area (Å²) < 4.78 is 0. The van der Waals surface area contributed by atoms with Crippen molar-refractivity contribution in [3.8, 4) is 0 Å². The fourth-order valence-electron chi connectivity index (χ4n) is 4.75. The quantitative estimate of drug-likeness (QED) is 0.117. The smallest absolute Gasteiger partial charge is 0.147 e. The maximum atomic E-state index is 2.39. The summed E-state index contributed by atoms with van der Waals surface area (Å²) in [6.07, 6.45) is 33.2. The van der Waals surface area contributed by atoms with Crippen molar-refractivity contribution in [1.82, 2.24) is 0 Å². The minimum Gasteiger partial charge on any atom is -0.147 e. The second-order valence-electron chi connectivity index (χ2n) is 9.45. The Morgan fingerprint density at radius 1 is 0.321 bits per heavy atom. The molecule has 0 saturated heterocycles. The summed E-state index contributed by atoms with van der Waals surface area (Å²) in [6.45, 7) is 9.48. The average Bonchev–Trinajstić information content (AvgIpc) is 2.69. The van der Waals surface area contributed by atoms with Crippen LogP contribution in [-0.4, -0.2) is 24.6 Å². The van der Waals surface area contributed by atoms with Gasteiger partial charge in [0, 0.05) is 0 Å². The van der Waals surface area contributed by atoms with Gasteiger partial charge in [0.1, 0.15) is 0 Å². The zero-order chi connectivity index (χ0) is 20.1. The summed E-state index contributed by atoms with van der Waals surface area (Å²) in [6, 6.07) is 0. The molecule has 0 amide bonds. The Bertz CT molecular complexity index is 258. The van der Waals surface area contributed by atoms with Gasteiger partial charge in [0.15, 0.2) is 0 Å². The molecular formula is C26H58ClP. The van der Waals surface area contributed by atoms with Gasteiger partial charge in [-0.05, 0) is 0 Å². The van der Waals surface area contributed by atoms with Gasteiger partial charge in [0.05, 0.1) is 0 Å². The normalized spacial score (nSPS) is 12.1. The molecule has 0 nitrogen and oxygen atoms in total. The maximum Gasteiger partial charge on any atom is -0.147 e. The fourth-order valence-corrected chi connectivity index (χ4v) is 10.6. The van der Waals surface area contributed by atoms with E-state index < -0.39 is 7.26 Å². The molecule has 0 unspecified atom stereocenters. The number of unbranched alkanes of at least 4 members (excludes halogenated alkanes) is 14. The number of hydrogen-bond acceptors (Lipinski definition) is 0. The van der Waals surface area contributed by atoms with Gasteiger partial charge in [0.2, 0.25) is 0 Å². The second kappa shape index (κ2) is 24.0.